The topological polar surface area (TPSA) is 63.4 Å². The number of H-pyrrole nitrogens is 1. The van der Waals surface area contributed by atoms with E-state index in [1.54, 1.807) is 19.2 Å². The Morgan fingerprint density at radius 2 is 1.96 bits per heavy atom. The highest BCUT2D eigenvalue weighted by atomic mass is 16.5. The van der Waals surface area contributed by atoms with Gasteiger partial charge in [-0.05, 0) is 30.2 Å². The Balaban J connectivity index is 1.45. The molecule has 1 heterocycles. The lowest BCUT2D eigenvalue weighted by Crippen LogP contribution is -2.30. The number of hydrogen-bond donors (Lipinski definition) is 2. The predicted molar refractivity (Wildman–Crippen MR) is 93.5 cm³/mol. The van der Waals surface area contributed by atoms with E-state index >= 15 is 0 Å². The standard InChI is InChI=1S/C19H20N2O3/c1-23-15-5-4-6-16(11-15)24-13-19(22)20-10-9-14-12-21-18-8-3-2-7-17(14)18/h2-8,11-12,21H,9-10,13H2,1H3,(H,20,22). The number of aromatic amines is 1. The van der Waals surface area contributed by atoms with Gasteiger partial charge in [0.2, 0.25) is 0 Å². The summed E-state index contributed by atoms with van der Waals surface area (Å²) in [6, 6.07) is 15.3. The molecule has 0 radical (unpaired) electrons. The van der Waals surface area contributed by atoms with Gasteiger partial charge in [-0.1, -0.05) is 24.3 Å². The van der Waals surface area contributed by atoms with Crippen molar-refractivity contribution in [3.05, 3.63) is 60.3 Å². The Bertz CT molecular complexity index is 826. The molecule has 24 heavy (non-hydrogen) atoms. The number of para-hydroxylation sites is 1. The number of nitrogens with one attached hydrogen (secondary N) is 2. The van der Waals surface area contributed by atoms with E-state index in [0.717, 1.165) is 11.9 Å². The average Bonchev–Trinajstić information content (AvgIpc) is 3.03. The van der Waals surface area contributed by atoms with Crippen LogP contribution in [0.25, 0.3) is 10.9 Å². The van der Waals surface area contributed by atoms with Crippen LogP contribution in [0, 0.1) is 0 Å². The second-order valence-corrected chi connectivity index (χ2v) is 5.43. The summed E-state index contributed by atoms with van der Waals surface area (Å²) in [6.45, 7) is 0.559. The molecule has 3 rings (SSSR count). The van der Waals surface area contributed by atoms with E-state index in [0.29, 0.717) is 18.0 Å². The molecule has 1 aromatic heterocycles. The Kier molecular flexibility index (Phi) is 5.01. The van der Waals surface area contributed by atoms with Gasteiger partial charge in [0, 0.05) is 29.7 Å². The van der Waals surface area contributed by atoms with Crippen molar-refractivity contribution in [3.63, 3.8) is 0 Å². The molecule has 2 N–H and O–H groups in total. The minimum Gasteiger partial charge on any atom is -0.497 e. The molecule has 1 amide bonds. The molecule has 0 fully saturated rings. The maximum absolute atomic E-state index is 11.9. The minimum atomic E-state index is -0.141. The van der Waals surface area contributed by atoms with E-state index in [-0.39, 0.29) is 12.5 Å². The summed E-state index contributed by atoms with van der Waals surface area (Å²) < 4.78 is 10.6. The highest BCUT2D eigenvalue weighted by Gasteiger charge is 2.06. The lowest BCUT2D eigenvalue weighted by Gasteiger charge is -2.08. The van der Waals surface area contributed by atoms with Gasteiger partial charge in [0.15, 0.2) is 6.61 Å². The SMILES string of the molecule is COc1cccc(OCC(=O)NCCc2c[nH]c3ccccc23)c1. The molecule has 5 heteroatoms. The summed E-state index contributed by atoms with van der Waals surface area (Å²) in [4.78, 5) is 15.1. The summed E-state index contributed by atoms with van der Waals surface area (Å²) >= 11 is 0. The van der Waals surface area contributed by atoms with E-state index in [4.69, 9.17) is 9.47 Å². The molecule has 0 atom stereocenters. The van der Waals surface area contributed by atoms with Gasteiger partial charge in [-0.15, -0.1) is 0 Å². The van der Waals surface area contributed by atoms with Crippen molar-refractivity contribution in [1.29, 1.82) is 0 Å². The van der Waals surface area contributed by atoms with Crippen molar-refractivity contribution >= 4 is 16.8 Å². The first-order valence-corrected chi connectivity index (χ1v) is 7.85. The highest BCUT2D eigenvalue weighted by molar-refractivity contribution is 5.83. The lowest BCUT2D eigenvalue weighted by atomic mass is 10.1. The number of fused-ring (bicyclic) bond motifs is 1. The molecule has 0 unspecified atom stereocenters. The molecule has 5 nitrogen and oxygen atoms in total. The maximum atomic E-state index is 11.9. The van der Waals surface area contributed by atoms with Crippen LogP contribution in [0.15, 0.2) is 54.7 Å². The van der Waals surface area contributed by atoms with Crippen LogP contribution in [-0.4, -0.2) is 31.2 Å². The smallest absolute Gasteiger partial charge is 0.257 e. The van der Waals surface area contributed by atoms with Crippen LogP contribution in [0.2, 0.25) is 0 Å². The lowest BCUT2D eigenvalue weighted by molar-refractivity contribution is -0.123. The molecule has 124 valence electrons. The number of amides is 1. The first-order valence-electron chi connectivity index (χ1n) is 7.85. The quantitative estimate of drug-likeness (QED) is 0.702. The van der Waals surface area contributed by atoms with Crippen molar-refractivity contribution < 1.29 is 14.3 Å². The van der Waals surface area contributed by atoms with E-state index < -0.39 is 0 Å². The fourth-order valence-corrected chi connectivity index (χ4v) is 2.57. The molecular formula is C19H20N2O3. The molecular weight excluding hydrogens is 304 g/mol. The van der Waals surface area contributed by atoms with Gasteiger partial charge < -0.3 is 19.8 Å². The average molecular weight is 324 g/mol. The van der Waals surface area contributed by atoms with Crippen LogP contribution in [-0.2, 0) is 11.2 Å². The van der Waals surface area contributed by atoms with Crippen molar-refractivity contribution in [1.82, 2.24) is 10.3 Å². The van der Waals surface area contributed by atoms with Crippen LogP contribution in [0.1, 0.15) is 5.56 Å². The number of carbonyl (C=O) groups is 1. The number of carbonyl (C=O) groups excluding carboxylic acids is 1. The molecule has 2 aromatic carbocycles. The molecule has 0 aliphatic carbocycles. The zero-order valence-electron chi connectivity index (χ0n) is 13.5. The number of methoxy groups -OCH3 is 1. The van der Waals surface area contributed by atoms with Gasteiger partial charge in [0.1, 0.15) is 11.5 Å². The van der Waals surface area contributed by atoms with Crippen LogP contribution >= 0.6 is 0 Å². The molecule has 0 spiro atoms. The second-order valence-electron chi connectivity index (χ2n) is 5.43. The van der Waals surface area contributed by atoms with E-state index in [1.807, 2.05) is 36.5 Å². The third kappa shape index (κ3) is 3.87. The van der Waals surface area contributed by atoms with Crippen molar-refractivity contribution in [2.24, 2.45) is 0 Å². The van der Waals surface area contributed by atoms with Crippen molar-refractivity contribution in [3.8, 4) is 11.5 Å². The highest BCUT2D eigenvalue weighted by Crippen LogP contribution is 2.19. The summed E-state index contributed by atoms with van der Waals surface area (Å²) in [5.74, 6) is 1.17. The second kappa shape index (κ2) is 7.55. The fourth-order valence-electron chi connectivity index (χ4n) is 2.57. The summed E-state index contributed by atoms with van der Waals surface area (Å²) in [6.07, 6.45) is 2.76. The largest absolute Gasteiger partial charge is 0.497 e. The molecule has 0 aliphatic heterocycles. The minimum absolute atomic E-state index is 0.0128. The number of rotatable bonds is 7. The van der Waals surface area contributed by atoms with E-state index in [1.165, 1.54) is 10.9 Å². The van der Waals surface area contributed by atoms with Crippen molar-refractivity contribution in [2.45, 2.75) is 6.42 Å². The van der Waals surface area contributed by atoms with Crippen LogP contribution in [0.5, 0.6) is 11.5 Å². The van der Waals surface area contributed by atoms with Crippen molar-refractivity contribution in [2.75, 3.05) is 20.3 Å². The Morgan fingerprint density at radius 3 is 2.83 bits per heavy atom. The Hall–Kier alpha value is -2.95. The number of aromatic nitrogens is 1. The van der Waals surface area contributed by atoms with E-state index in [9.17, 15) is 4.79 Å². The zero-order chi connectivity index (χ0) is 16.8. The van der Waals surface area contributed by atoms with Crippen LogP contribution in [0.4, 0.5) is 0 Å². The summed E-state index contributed by atoms with van der Waals surface area (Å²) in [7, 11) is 1.59. The molecule has 0 saturated carbocycles. The van der Waals surface area contributed by atoms with Crippen LogP contribution in [0.3, 0.4) is 0 Å². The number of benzene rings is 2. The Morgan fingerprint density at radius 1 is 1.12 bits per heavy atom. The van der Waals surface area contributed by atoms with Gasteiger partial charge >= 0.3 is 0 Å². The molecule has 0 bridgehead atoms. The van der Waals surface area contributed by atoms with Gasteiger partial charge in [-0.3, -0.25) is 4.79 Å². The van der Waals surface area contributed by atoms with E-state index in [2.05, 4.69) is 16.4 Å². The first kappa shape index (κ1) is 15.9. The monoisotopic (exact) mass is 324 g/mol. The summed E-state index contributed by atoms with van der Waals surface area (Å²) in [5, 5.41) is 4.07. The van der Waals surface area contributed by atoms with Gasteiger partial charge in [0.25, 0.3) is 5.91 Å². The molecule has 0 saturated heterocycles. The maximum Gasteiger partial charge on any atom is 0.257 e. The fraction of sp³-hybridized carbons (Fsp3) is 0.211. The first-order chi connectivity index (χ1) is 11.8. The van der Waals surface area contributed by atoms with Gasteiger partial charge in [-0.2, -0.15) is 0 Å². The third-order valence-corrected chi connectivity index (χ3v) is 3.80. The molecule has 0 aliphatic rings. The normalized spacial score (nSPS) is 10.5. The third-order valence-electron chi connectivity index (χ3n) is 3.80. The van der Waals surface area contributed by atoms with Gasteiger partial charge in [0.05, 0.1) is 7.11 Å². The Labute approximate surface area is 140 Å². The number of ether oxygens (including phenoxy) is 2. The van der Waals surface area contributed by atoms with Crippen LogP contribution < -0.4 is 14.8 Å². The summed E-state index contributed by atoms with van der Waals surface area (Å²) in [5.41, 5.74) is 2.31. The predicted octanol–water partition coefficient (Wildman–Crippen LogP) is 2.91. The number of hydrogen-bond acceptors (Lipinski definition) is 3. The molecule has 3 aromatic rings. The zero-order valence-corrected chi connectivity index (χ0v) is 13.5. The van der Waals surface area contributed by atoms with Gasteiger partial charge in [-0.25, -0.2) is 0 Å².